The van der Waals surface area contributed by atoms with Crippen molar-refractivity contribution in [1.82, 2.24) is 4.90 Å². The van der Waals surface area contributed by atoms with E-state index >= 15 is 0 Å². The zero-order valence-electron chi connectivity index (χ0n) is 15.8. The molecule has 0 N–H and O–H groups in total. The van der Waals surface area contributed by atoms with Crippen molar-refractivity contribution in [3.8, 4) is 0 Å². The molecule has 2 saturated carbocycles. The van der Waals surface area contributed by atoms with E-state index in [2.05, 4.69) is 0 Å². The van der Waals surface area contributed by atoms with Gasteiger partial charge >= 0.3 is 5.97 Å². The molecule has 1 aromatic carbocycles. The first-order valence-corrected chi connectivity index (χ1v) is 9.60. The normalized spacial score (nSPS) is 28.4. The molecule has 0 aromatic heterocycles. The molecule has 152 valence electrons. The first kappa shape index (κ1) is 19.2. The van der Waals surface area contributed by atoms with E-state index < -0.39 is 29.3 Å². The van der Waals surface area contributed by atoms with Gasteiger partial charge in [0.05, 0.1) is 16.8 Å². The maximum Gasteiger partial charge on any atom is 0.329 e. The molecule has 2 amide bonds. The molecule has 1 saturated heterocycles. The quantitative estimate of drug-likeness (QED) is 0.234. The number of hydrogen-bond donors (Lipinski definition) is 0. The standard InChI is InChI=1S/C20H20N2O7/c1-10(21-18(24)16-12-2-3-13(8-12)17(16)19(21)25)20(26)29-9-15(23)11-4-6-14(7-5-11)22(27)28/h4-7,10,12-13,16-17H,2-3,8-9H2,1H3/t10-,12-,13-,16-,17-/m0/s1. The number of benzene rings is 1. The van der Waals surface area contributed by atoms with E-state index in [1.54, 1.807) is 0 Å². The van der Waals surface area contributed by atoms with E-state index in [0.29, 0.717) is 0 Å². The average Bonchev–Trinajstić information content (AvgIpc) is 3.39. The van der Waals surface area contributed by atoms with Crippen molar-refractivity contribution in [3.63, 3.8) is 0 Å². The van der Waals surface area contributed by atoms with E-state index in [0.717, 1.165) is 24.2 Å². The Hall–Kier alpha value is -3.10. The fourth-order valence-electron chi connectivity index (χ4n) is 5.03. The molecule has 3 fully saturated rings. The number of rotatable bonds is 6. The van der Waals surface area contributed by atoms with Crippen molar-refractivity contribution < 1.29 is 28.8 Å². The van der Waals surface area contributed by atoms with Gasteiger partial charge in [0.15, 0.2) is 12.4 Å². The fraction of sp³-hybridized carbons (Fsp3) is 0.500. The Bertz CT molecular complexity index is 882. The lowest BCUT2D eigenvalue weighted by Crippen LogP contribution is -2.45. The van der Waals surface area contributed by atoms with Crippen molar-refractivity contribution in [2.24, 2.45) is 23.7 Å². The van der Waals surface area contributed by atoms with Crippen molar-refractivity contribution >= 4 is 29.3 Å². The van der Waals surface area contributed by atoms with Crippen LogP contribution in [0, 0.1) is 33.8 Å². The zero-order chi connectivity index (χ0) is 20.9. The maximum atomic E-state index is 12.8. The van der Waals surface area contributed by atoms with Gasteiger partial charge in [0.2, 0.25) is 11.8 Å². The van der Waals surface area contributed by atoms with Crippen LogP contribution in [0.3, 0.4) is 0 Å². The summed E-state index contributed by atoms with van der Waals surface area (Å²) in [5.74, 6) is -2.17. The number of fused-ring (bicyclic) bond motifs is 5. The topological polar surface area (TPSA) is 124 Å². The number of imide groups is 1. The van der Waals surface area contributed by atoms with Gasteiger partial charge in [0.25, 0.3) is 5.69 Å². The third kappa shape index (κ3) is 3.10. The highest BCUT2D eigenvalue weighted by molar-refractivity contribution is 6.08. The molecule has 0 spiro atoms. The van der Waals surface area contributed by atoms with Gasteiger partial charge in [0, 0.05) is 17.7 Å². The second kappa shape index (κ2) is 7.06. The summed E-state index contributed by atoms with van der Waals surface area (Å²) in [4.78, 5) is 61.2. The molecule has 0 radical (unpaired) electrons. The van der Waals surface area contributed by atoms with Gasteiger partial charge in [-0.15, -0.1) is 0 Å². The van der Waals surface area contributed by atoms with Crippen molar-refractivity contribution in [1.29, 1.82) is 0 Å². The Labute approximate surface area is 166 Å². The van der Waals surface area contributed by atoms with Crippen LogP contribution in [0.1, 0.15) is 36.5 Å². The molecular weight excluding hydrogens is 380 g/mol. The highest BCUT2D eigenvalue weighted by atomic mass is 16.6. The number of Topliss-reactive ketones (excluding diaryl/α,β-unsaturated/α-hetero) is 1. The Morgan fingerprint density at radius 2 is 1.69 bits per heavy atom. The lowest BCUT2D eigenvalue weighted by Gasteiger charge is -2.22. The maximum absolute atomic E-state index is 12.8. The lowest BCUT2D eigenvalue weighted by molar-refractivity contribution is -0.384. The number of ether oxygens (including phenoxy) is 1. The van der Waals surface area contributed by atoms with Gasteiger partial charge < -0.3 is 4.74 Å². The average molecular weight is 400 g/mol. The summed E-state index contributed by atoms with van der Waals surface area (Å²) in [5.41, 5.74) is 0.00762. The van der Waals surface area contributed by atoms with Gasteiger partial charge in [-0.1, -0.05) is 0 Å². The summed E-state index contributed by atoms with van der Waals surface area (Å²) in [6.45, 7) is 0.854. The van der Waals surface area contributed by atoms with Crippen molar-refractivity contribution in [2.45, 2.75) is 32.2 Å². The molecule has 9 heteroatoms. The number of nitro groups is 1. The molecule has 3 aliphatic rings. The van der Waals surface area contributed by atoms with Crippen LogP contribution in [-0.4, -0.2) is 46.0 Å². The molecule has 2 bridgehead atoms. The summed E-state index contributed by atoms with van der Waals surface area (Å²) in [5, 5.41) is 10.7. The molecule has 4 rings (SSSR count). The van der Waals surface area contributed by atoms with Crippen LogP contribution in [0.25, 0.3) is 0 Å². The molecule has 1 aromatic rings. The van der Waals surface area contributed by atoms with E-state index in [1.165, 1.54) is 31.2 Å². The number of nitro benzene ring substituents is 1. The predicted molar refractivity (Wildman–Crippen MR) is 97.5 cm³/mol. The lowest BCUT2D eigenvalue weighted by atomic mass is 9.81. The van der Waals surface area contributed by atoms with Gasteiger partial charge in [0.1, 0.15) is 6.04 Å². The highest BCUT2D eigenvalue weighted by Gasteiger charge is 2.62. The molecule has 1 aliphatic heterocycles. The smallest absolute Gasteiger partial charge is 0.329 e. The summed E-state index contributed by atoms with van der Waals surface area (Å²) in [6, 6.07) is 3.84. The van der Waals surface area contributed by atoms with Gasteiger partial charge in [-0.3, -0.25) is 29.4 Å². The second-order valence-corrected chi connectivity index (χ2v) is 7.94. The Kier molecular flexibility index (Phi) is 4.68. The zero-order valence-corrected chi connectivity index (χ0v) is 15.8. The number of amides is 2. The third-order valence-corrected chi connectivity index (χ3v) is 6.44. The SMILES string of the molecule is C[C@@H](C(=O)OCC(=O)c1ccc([N+](=O)[O-])cc1)N1C(=O)[C@H]2[C@H]3CC[C@@H](C3)[C@@H]2C1=O. The minimum absolute atomic E-state index is 0.155. The van der Waals surface area contributed by atoms with Crippen LogP contribution in [0.4, 0.5) is 5.69 Å². The van der Waals surface area contributed by atoms with Crippen LogP contribution in [-0.2, 0) is 19.1 Å². The predicted octanol–water partition coefficient (Wildman–Crippen LogP) is 1.74. The molecule has 9 nitrogen and oxygen atoms in total. The molecule has 5 atom stereocenters. The van der Waals surface area contributed by atoms with Crippen LogP contribution >= 0.6 is 0 Å². The molecule has 2 aliphatic carbocycles. The minimum atomic E-state index is -1.09. The second-order valence-electron chi connectivity index (χ2n) is 7.94. The third-order valence-electron chi connectivity index (χ3n) is 6.44. The van der Waals surface area contributed by atoms with Crippen LogP contribution < -0.4 is 0 Å². The van der Waals surface area contributed by atoms with Crippen LogP contribution in [0.15, 0.2) is 24.3 Å². The number of carbonyl (C=O) groups is 4. The summed E-state index contributed by atoms with van der Waals surface area (Å²) < 4.78 is 5.03. The minimum Gasteiger partial charge on any atom is -0.456 e. The van der Waals surface area contributed by atoms with Gasteiger partial charge in [-0.05, 0) is 50.2 Å². The number of likely N-dealkylation sites (tertiary alicyclic amines) is 1. The van der Waals surface area contributed by atoms with Crippen molar-refractivity contribution in [3.05, 3.63) is 39.9 Å². The molecule has 0 unspecified atom stereocenters. The number of nitrogens with zero attached hydrogens (tertiary/aromatic N) is 2. The van der Waals surface area contributed by atoms with Gasteiger partial charge in [-0.2, -0.15) is 0 Å². The summed E-state index contributed by atoms with van der Waals surface area (Å²) in [6.07, 6.45) is 2.80. The fourth-order valence-corrected chi connectivity index (χ4v) is 5.03. The Morgan fingerprint density at radius 1 is 1.14 bits per heavy atom. The summed E-state index contributed by atoms with van der Waals surface area (Å²) in [7, 11) is 0. The monoisotopic (exact) mass is 400 g/mol. The number of non-ortho nitro benzene ring substituents is 1. The van der Waals surface area contributed by atoms with E-state index in [4.69, 9.17) is 4.74 Å². The van der Waals surface area contributed by atoms with Gasteiger partial charge in [-0.25, -0.2) is 4.79 Å². The number of ketones is 1. The molecule has 1 heterocycles. The Balaban J connectivity index is 1.37. The molecule has 29 heavy (non-hydrogen) atoms. The highest BCUT2D eigenvalue weighted by Crippen LogP contribution is 2.56. The van der Waals surface area contributed by atoms with Crippen LogP contribution in [0.2, 0.25) is 0 Å². The van der Waals surface area contributed by atoms with Crippen LogP contribution in [0.5, 0.6) is 0 Å². The Morgan fingerprint density at radius 3 is 2.21 bits per heavy atom. The first-order valence-electron chi connectivity index (χ1n) is 9.60. The molecular formula is C20H20N2O7. The van der Waals surface area contributed by atoms with E-state index in [-0.39, 0.29) is 46.7 Å². The number of hydrogen-bond acceptors (Lipinski definition) is 7. The number of esters is 1. The van der Waals surface area contributed by atoms with E-state index in [1.807, 2.05) is 0 Å². The van der Waals surface area contributed by atoms with E-state index in [9.17, 15) is 29.3 Å². The number of carbonyl (C=O) groups excluding carboxylic acids is 4. The summed E-state index contributed by atoms with van der Waals surface area (Å²) >= 11 is 0. The van der Waals surface area contributed by atoms with Crippen molar-refractivity contribution in [2.75, 3.05) is 6.61 Å². The first-order chi connectivity index (χ1) is 13.8. The largest absolute Gasteiger partial charge is 0.456 e.